The summed E-state index contributed by atoms with van der Waals surface area (Å²) >= 11 is 0. The number of hydrogen-bond donors (Lipinski definition) is 3. The SMILES string of the molecule is CC(CO)C(C)NC(=O)NCC(c1ccco1)N(C)C. The van der Waals surface area contributed by atoms with Gasteiger partial charge in [-0.25, -0.2) is 4.79 Å². The maximum atomic E-state index is 11.8. The predicted octanol–water partition coefficient (Wildman–Crippen LogP) is 1.20. The van der Waals surface area contributed by atoms with Crippen LogP contribution in [0.15, 0.2) is 22.8 Å². The van der Waals surface area contributed by atoms with Gasteiger partial charge in [0.15, 0.2) is 0 Å². The van der Waals surface area contributed by atoms with Gasteiger partial charge in [-0.3, -0.25) is 4.90 Å². The molecule has 0 spiro atoms. The Kier molecular flexibility index (Phi) is 6.54. The van der Waals surface area contributed by atoms with E-state index in [-0.39, 0.29) is 30.6 Å². The Hall–Kier alpha value is -1.53. The summed E-state index contributed by atoms with van der Waals surface area (Å²) in [7, 11) is 3.87. The molecule has 6 heteroatoms. The second-order valence-electron chi connectivity index (χ2n) is 5.30. The van der Waals surface area contributed by atoms with E-state index in [0.29, 0.717) is 6.54 Å². The smallest absolute Gasteiger partial charge is 0.315 e. The fraction of sp³-hybridized carbons (Fsp3) is 0.643. The summed E-state index contributed by atoms with van der Waals surface area (Å²) in [6.07, 6.45) is 1.62. The zero-order valence-electron chi connectivity index (χ0n) is 12.6. The Morgan fingerprint density at radius 1 is 1.45 bits per heavy atom. The molecule has 20 heavy (non-hydrogen) atoms. The van der Waals surface area contributed by atoms with Crippen LogP contribution in [-0.4, -0.2) is 49.3 Å². The van der Waals surface area contributed by atoms with Crippen LogP contribution in [0.2, 0.25) is 0 Å². The molecule has 0 fully saturated rings. The number of carbonyl (C=O) groups excluding carboxylic acids is 1. The maximum Gasteiger partial charge on any atom is 0.315 e. The summed E-state index contributed by atoms with van der Waals surface area (Å²) in [5, 5.41) is 14.7. The van der Waals surface area contributed by atoms with Crippen molar-refractivity contribution in [3.05, 3.63) is 24.2 Å². The van der Waals surface area contributed by atoms with Crippen molar-refractivity contribution >= 4 is 6.03 Å². The first-order valence-electron chi connectivity index (χ1n) is 6.80. The van der Waals surface area contributed by atoms with E-state index in [1.54, 1.807) is 6.26 Å². The summed E-state index contributed by atoms with van der Waals surface area (Å²) in [5.41, 5.74) is 0. The van der Waals surface area contributed by atoms with E-state index in [4.69, 9.17) is 9.52 Å². The van der Waals surface area contributed by atoms with Crippen LogP contribution in [0.4, 0.5) is 4.79 Å². The van der Waals surface area contributed by atoms with Gasteiger partial charge in [0.25, 0.3) is 0 Å². The van der Waals surface area contributed by atoms with E-state index in [2.05, 4.69) is 10.6 Å². The molecule has 1 rings (SSSR count). The average Bonchev–Trinajstić information content (AvgIpc) is 2.91. The first kappa shape index (κ1) is 16.5. The lowest BCUT2D eigenvalue weighted by atomic mass is 10.1. The summed E-state index contributed by atoms with van der Waals surface area (Å²) in [6.45, 7) is 4.26. The zero-order valence-corrected chi connectivity index (χ0v) is 12.6. The van der Waals surface area contributed by atoms with E-state index < -0.39 is 0 Å². The van der Waals surface area contributed by atoms with Gasteiger partial charge in [0.1, 0.15) is 5.76 Å². The summed E-state index contributed by atoms with van der Waals surface area (Å²) in [5.74, 6) is 0.836. The number of furan rings is 1. The van der Waals surface area contributed by atoms with E-state index in [9.17, 15) is 4.79 Å². The lowest BCUT2D eigenvalue weighted by molar-refractivity contribution is 0.197. The summed E-state index contributed by atoms with van der Waals surface area (Å²) in [4.78, 5) is 13.8. The fourth-order valence-corrected chi connectivity index (χ4v) is 1.77. The minimum absolute atomic E-state index is 0.0127. The van der Waals surface area contributed by atoms with Crippen molar-refractivity contribution in [1.29, 1.82) is 0 Å². The van der Waals surface area contributed by atoms with E-state index >= 15 is 0 Å². The second kappa shape index (κ2) is 7.91. The minimum Gasteiger partial charge on any atom is -0.468 e. The number of carbonyl (C=O) groups is 1. The zero-order chi connectivity index (χ0) is 15.1. The van der Waals surface area contributed by atoms with Gasteiger partial charge in [-0.1, -0.05) is 6.92 Å². The first-order chi connectivity index (χ1) is 9.45. The first-order valence-corrected chi connectivity index (χ1v) is 6.80. The highest BCUT2D eigenvalue weighted by molar-refractivity contribution is 5.74. The molecule has 2 amide bonds. The van der Waals surface area contributed by atoms with Crippen LogP contribution in [-0.2, 0) is 0 Å². The van der Waals surface area contributed by atoms with Gasteiger partial charge in [-0.15, -0.1) is 0 Å². The van der Waals surface area contributed by atoms with E-state index in [1.807, 2.05) is 45.0 Å². The number of nitrogens with one attached hydrogen (secondary N) is 2. The highest BCUT2D eigenvalue weighted by Gasteiger charge is 2.19. The Bertz CT molecular complexity index is 392. The third kappa shape index (κ3) is 4.86. The molecule has 0 aliphatic rings. The summed E-state index contributed by atoms with van der Waals surface area (Å²) in [6, 6.07) is 3.39. The molecule has 0 aliphatic carbocycles. The standard InChI is InChI=1S/C14H25N3O3/c1-10(9-18)11(2)16-14(19)15-8-12(17(3)4)13-6-5-7-20-13/h5-7,10-12,18H,8-9H2,1-4H3,(H2,15,16,19). The normalized spacial score (nSPS) is 15.7. The lowest BCUT2D eigenvalue weighted by Gasteiger charge is -2.24. The predicted molar refractivity (Wildman–Crippen MR) is 77.4 cm³/mol. The molecule has 0 aliphatic heterocycles. The molecule has 3 unspecified atom stereocenters. The molecule has 0 saturated carbocycles. The third-order valence-corrected chi connectivity index (χ3v) is 3.45. The molecule has 0 radical (unpaired) electrons. The van der Waals surface area contributed by atoms with Gasteiger partial charge in [-0.05, 0) is 39.1 Å². The molecular weight excluding hydrogens is 258 g/mol. The second-order valence-corrected chi connectivity index (χ2v) is 5.30. The fourth-order valence-electron chi connectivity index (χ4n) is 1.77. The van der Waals surface area contributed by atoms with Gasteiger partial charge in [0.2, 0.25) is 0 Å². The van der Waals surface area contributed by atoms with E-state index in [0.717, 1.165) is 5.76 Å². The highest BCUT2D eigenvalue weighted by atomic mass is 16.3. The quantitative estimate of drug-likeness (QED) is 0.702. The topological polar surface area (TPSA) is 77.7 Å². The number of likely N-dealkylation sites (N-methyl/N-ethyl adjacent to an activating group) is 1. The minimum atomic E-state index is -0.240. The Morgan fingerprint density at radius 2 is 2.15 bits per heavy atom. The molecule has 0 bridgehead atoms. The highest BCUT2D eigenvalue weighted by Crippen LogP contribution is 2.17. The van der Waals surface area contributed by atoms with Crippen molar-refractivity contribution in [1.82, 2.24) is 15.5 Å². The Morgan fingerprint density at radius 3 is 2.65 bits per heavy atom. The van der Waals surface area contributed by atoms with Crippen LogP contribution in [0.1, 0.15) is 25.6 Å². The number of aliphatic hydroxyl groups excluding tert-OH is 1. The van der Waals surface area contributed by atoms with Crippen LogP contribution >= 0.6 is 0 Å². The number of urea groups is 1. The number of aliphatic hydroxyl groups is 1. The molecule has 3 atom stereocenters. The molecule has 3 N–H and O–H groups in total. The van der Waals surface area contributed by atoms with Crippen molar-refractivity contribution in [3.8, 4) is 0 Å². The molecule has 0 saturated heterocycles. The van der Waals surface area contributed by atoms with Crippen molar-refractivity contribution in [2.24, 2.45) is 5.92 Å². The lowest BCUT2D eigenvalue weighted by Crippen LogP contribution is -2.46. The molecule has 1 aromatic heterocycles. The van der Waals surface area contributed by atoms with Gasteiger partial charge < -0.3 is 20.2 Å². The van der Waals surface area contributed by atoms with E-state index in [1.165, 1.54) is 0 Å². The average molecular weight is 283 g/mol. The van der Waals surface area contributed by atoms with Gasteiger partial charge in [0.05, 0.1) is 12.3 Å². The van der Waals surface area contributed by atoms with Crippen LogP contribution in [0.25, 0.3) is 0 Å². The van der Waals surface area contributed by atoms with Gasteiger partial charge >= 0.3 is 6.03 Å². The molecule has 1 heterocycles. The van der Waals surface area contributed by atoms with Gasteiger partial charge in [0, 0.05) is 19.2 Å². The van der Waals surface area contributed by atoms with Crippen LogP contribution < -0.4 is 10.6 Å². The number of nitrogens with zero attached hydrogens (tertiary/aromatic N) is 1. The molecule has 114 valence electrons. The maximum absolute atomic E-state index is 11.8. The Labute approximate surface area is 120 Å². The molecule has 6 nitrogen and oxygen atoms in total. The number of rotatable bonds is 7. The van der Waals surface area contributed by atoms with Gasteiger partial charge in [-0.2, -0.15) is 0 Å². The molecular formula is C14H25N3O3. The van der Waals surface area contributed by atoms with Crippen LogP contribution in [0, 0.1) is 5.92 Å². The molecule has 0 aromatic carbocycles. The number of hydrogen-bond acceptors (Lipinski definition) is 4. The van der Waals surface area contributed by atoms with Crippen molar-refractivity contribution in [2.45, 2.75) is 25.9 Å². The third-order valence-electron chi connectivity index (χ3n) is 3.45. The van der Waals surface area contributed by atoms with Crippen LogP contribution in [0.3, 0.4) is 0 Å². The van der Waals surface area contributed by atoms with Crippen molar-refractivity contribution < 1.29 is 14.3 Å². The number of amides is 2. The van der Waals surface area contributed by atoms with Crippen molar-refractivity contribution in [2.75, 3.05) is 27.2 Å². The largest absolute Gasteiger partial charge is 0.468 e. The monoisotopic (exact) mass is 283 g/mol. The van der Waals surface area contributed by atoms with Crippen molar-refractivity contribution in [3.63, 3.8) is 0 Å². The molecule has 1 aromatic rings. The summed E-state index contributed by atoms with van der Waals surface area (Å²) < 4.78 is 5.38. The Balaban J connectivity index is 2.46. The van der Waals surface area contributed by atoms with Crippen LogP contribution in [0.5, 0.6) is 0 Å².